The standard InChI is InChI=1S/C18H37N5/c1-15-6-5-7-16(12-15)8-9-20-18(19-2)21-13-17-14-22(3)10-11-23(17)4/h15-17H,5-14H2,1-4H3,(H2,19,20,21). The lowest BCUT2D eigenvalue weighted by atomic mass is 9.81. The molecule has 1 saturated heterocycles. The highest BCUT2D eigenvalue weighted by molar-refractivity contribution is 5.79. The molecule has 2 aliphatic rings. The van der Waals surface area contributed by atoms with Gasteiger partial charge in [-0.1, -0.05) is 26.2 Å². The average molecular weight is 324 g/mol. The van der Waals surface area contributed by atoms with Crippen molar-refractivity contribution in [2.75, 3.05) is 53.9 Å². The van der Waals surface area contributed by atoms with Crippen LogP contribution in [0.4, 0.5) is 0 Å². The van der Waals surface area contributed by atoms with Crippen LogP contribution < -0.4 is 10.6 Å². The van der Waals surface area contributed by atoms with E-state index in [4.69, 9.17) is 0 Å². The van der Waals surface area contributed by atoms with Crippen LogP contribution in [0.25, 0.3) is 0 Å². The fraction of sp³-hybridized carbons (Fsp3) is 0.944. The zero-order valence-electron chi connectivity index (χ0n) is 15.6. The predicted molar refractivity (Wildman–Crippen MR) is 99.0 cm³/mol. The maximum atomic E-state index is 4.38. The van der Waals surface area contributed by atoms with Crippen LogP contribution in [0, 0.1) is 11.8 Å². The van der Waals surface area contributed by atoms with E-state index in [1.54, 1.807) is 0 Å². The Bertz CT molecular complexity index is 370. The van der Waals surface area contributed by atoms with Crippen molar-refractivity contribution >= 4 is 5.96 Å². The Morgan fingerprint density at radius 2 is 2.00 bits per heavy atom. The van der Waals surface area contributed by atoms with Gasteiger partial charge in [-0.2, -0.15) is 0 Å². The average Bonchev–Trinajstić information content (AvgIpc) is 2.53. The quantitative estimate of drug-likeness (QED) is 0.596. The van der Waals surface area contributed by atoms with Gasteiger partial charge < -0.3 is 15.5 Å². The van der Waals surface area contributed by atoms with E-state index in [2.05, 4.69) is 46.4 Å². The number of guanidine groups is 1. The summed E-state index contributed by atoms with van der Waals surface area (Å²) >= 11 is 0. The molecule has 1 saturated carbocycles. The minimum atomic E-state index is 0.562. The summed E-state index contributed by atoms with van der Waals surface area (Å²) in [7, 11) is 6.30. The van der Waals surface area contributed by atoms with Gasteiger partial charge in [0.05, 0.1) is 0 Å². The van der Waals surface area contributed by atoms with Crippen molar-refractivity contribution < 1.29 is 0 Å². The molecule has 0 aromatic carbocycles. The van der Waals surface area contributed by atoms with Crippen molar-refractivity contribution in [3.05, 3.63) is 0 Å². The lowest BCUT2D eigenvalue weighted by molar-refractivity contribution is 0.116. The lowest BCUT2D eigenvalue weighted by Gasteiger charge is -2.38. The number of likely N-dealkylation sites (N-methyl/N-ethyl adjacent to an activating group) is 2. The summed E-state index contributed by atoms with van der Waals surface area (Å²) in [5.74, 6) is 2.78. The molecule has 0 bridgehead atoms. The normalized spacial score (nSPS) is 31.1. The first-order valence-electron chi connectivity index (χ1n) is 9.41. The highest BCUT2D eigenvalue weighted by Gasteiger charge is 2.22. The molecule has 2 fully saturated rings. The maximum absolute atomic E-state index is 4.38. The van der Waals surface area contributed by atoms with Crippen molar-refractivity contribution in [2.45, 2.75) is 45.1 Å². The van der Waals surface area contributed by atoms with Gasteiger partial charge in [-0.25, -0.2) is 0 Å². The van der Waals surface area contributed by atoms with Crippen LogP contribution in [0.5, 0.6) is 0 Å². The number of aliphatic imine (C=N–C) groups is 1. The molecule has 0 spiro atoms. The van der Waals surface area contributed by atoms with Crippen LogP contribution >= 0.6 is 0 Å². The molecule has 0 amide bonds. The molecule has 134 valence electrons. The van der Waals surface area contributed by atoms with Crippen molar-refractivity contribution in [1.82, 2.24) is 20.4 Å². The number of nitrogens with one attached hydrogen (secondary N) is 2. The first-order valence-corrected chi connectivity index (χ1v) is 9.41. The Balaban J connectivity index is 1.65. The Morgan fingerprint density at radius 1 is 1.17 bits per heavy atom. The van der Waals surface area contributed by atoms with Gasteiger partial charge in [-0.3, -0.25) is 9.89 Å². The van der Waals surface area contributed by atoms with Crippen molar-refractivity contribution in [1.29, 1.82) is 0 Å². The van der Waals surface area contributed by atoms with E-state index in [9.17, 15) is 0 Å². The zero-order valence-corrected chi connectivity index (χ0v) is 15.6. The lowest BCUT2D eigenvalue weighted by Crippen LogP contribution is -2.55. The Kier molecular flexibility index (Phi) is 7.63. The van der Waals surface area contributed by atoms with Gasteiger partial charge in [0.25, 0.3) is 0 Å². The van der Waals surface area contributed by atoms with Crippen LogP contribution in [-0.4, -0.2) is 75.7 Å². The molecule has 23 heavy (non-hydrogen) atoms. The van der Waals surface area contributed by atoms with Gasteiger partial charge in [0.1, 0.15) is 0 Å². The third-order valence-electron chi connectivity index (χ3n) is 5.60. The fourth-order valence-electron chi connectivity index (χ4n) is 3.97. The molecular weight excluding hydrogens is 286 g/mol. The smallest absolute Gasteiger partial charge is 0.191 e. The first-order chi connectivity index (χ1) is 11.1. The number of hydrogen-bond donors (Lipinski definition) is 2. The van der Waals surface area contributed by atoms with E-state index in [0.717, 1.165) is 44.0 Å². The van der Waals surface area contributed by atoms with E-state index >= 15 is 0 Å². The molecule has 5 heteroatoms. The van der Waals surface area contributed by atoms with Crippen LogP contribution in [-0.2, 0) is 0 Å². The maximum Gasteiger partial charge on any atom is 0.191 e. The molecular formula is C18H37N5. The molecule has 2 N–H and O–H groups in total. The van der Waals surface area contributed by atoms with E-state index < -0.39 is 0 Å². The molecule has 3 atom stereocenters. The van der Waals surface area contributed by atoms with Crippen molar-refractivity contribution in [3.8, 4) is 0 Å². The van der Waals surface area contributed by atoms with Gasteiger partial charge in [0.15, 0.2) is 5.96 Å². The van der Waals surface area contributed by atoms with Gasteiger partial charge in [-0.15, -0.1) is 0 Å². The third-order valence-corrected chi connectivity index (χ3v) is 5.60. The van der Waals surface area contributed by atoms with Gasteiger partial charge in [0.2, 0.25) is 0 Å². The molecule has 3 unspecified atom stereocenters. The van der Waals surface area contributed by atoms with E-state index in [-0.39, 0.29) is 0 Å². The van der Waals surface area contributed by atoms with Gasteiger partial charge >= 0.3 is 0 Å². The molecule has 0 radical (unpaired) electrons. The monoisotopic (exact) mass is 323 g/mol. The van der Waals surface area contributed by atoms with Crippen LogP contribution in [0.2, 0.25) is 0 Å². The van der Waals surface area contributed by atoms with E-state index in [0.29, 0.717) is 6.04 Å². The highest BCUT2D eigenvalue weighted by atomic mass is 15.3. The summed E-state index contributed by atoms with van der Waals surface area (Å²) in [6.45, 7) is 7.84. The number of hydrogen-bond acceptors (Lipinski definition) is 3. The molecule has 1 aliphatic heterocycles. The SMILES string of the molecule is CN=C(NCCC1CCCC(C)C1)NCC1CN(C)CCN1C. The van der Waals surface area contributed by atoms with E-state index in [1.807, 2.05) is 7.05 Å². The molecule has 1 heterocycles. The number of piperazine rings is 1. The zero-order chi connectivity index (χ0) is 16.7. The Morgan fingerprint density at radius 3 is 2.74 bits per heavy atom. The summed E-state index contributed by atoms with van der Waals surface area (Å²) in [4.78, 5) is 9.23. The molecule has 0 aromatic heterocycles. The molecule has 1 aliphatic carbocycles. The minimum Gasteiger partial charge on any atom is -0.356 e. The van der Waals surface area contributed by atoms with Crippen molar-refractivity contribution in [3.63, 3.8) is 0 Å². The van der Waals surface area contributed by atoms with Gasteiger partial charge in [-0.05, 0) is 38.8 Å². The second-order valence-corrected chi connectivity index (χ2v) is 7.70. The largest absolute Gasteiger partial charge is 0.356 e. The second kappa shape index (κ2) is 9.48. The Hall–Kier alpha value is -0.810. The highest BCUT2D eigenvalue weighted by Crippen LogP contribution is 2.30. The minimum absolute atomic E-state index is 0.562. The summed E-state index contributed by atoms with van der Waals surface area (Å²) in [6.07, 6.45) is 6.94. The predicted octanol–water partition coefficient (Wildman–Crippen LogP) is 1.61. The second-order valence-electron chi connectivity index (χ2n) is 7.70. The van der Waals surface area contributed by atoms with Crippen LogP contribution in [0.3, 0.4) is 0 Å². The van der Waals surface area contributed by atoms with Gasteiger partial charge in [0, 0.05) is 45.8 Å². The van der Waals surface area contributed by atoms with Crippen LogP contribution in [0.1, 0.15) is 39.0 Å². The van der Waals surface area contributed by atoms with E-state index in [1.165, 1.54) is 38.6 Å². The summed E-state index contributed by atoms with van der Waals surface area (Å²) in [6, 6.07) is 0.562. The topological polar surface area (TPSA) is 42.9 Å². The molecule has 5 nitrogen and oxygen atoms in total. The van der Waals surface area contributed by atoms with Crippen molar-refractivity contribution in [2.24, 2.45) is 16.8 Å². The third kappa shape index (κ3) is 6.30. The number of rotatable bonds is 5. The molecule has 0 aromatic rings. The number of nitrogens with zero attached hydrogens (tertiary/aromatic N) is 3. The molecule has 2 rings (SSSR count). The van der Waals surface area contributed by atoms with Crippen LogP contribution in [0.15, 0.2) is 4.99 Å². The summed E-state index contributed by atoms with van der Waals surface area (Å²) < 4.78 is 0. The Labute approximate surface area is 142 Å². The summed E-state index contributed by atoms with van der Waals surface area (Å²) in [5.41, 5.74) is 0. The fourth-order valence-corrected chi connectivity index (χ4v) is 3.97. The first kappa shape index (κ1) is 18.5. The summed E-state index contributed by atoms with van der Waals surface area (Å²) in [5, 5.41) is 7.01.